The van der Waals surface area contributed by atoms with E-state index in [2.05, 4.69) is 155 Å². The Morgan fingerprint density at radius 3 is 1.54 bits per heavy atom. The minimum atomic E-state index is -0.389. The molecule has 0 radical (unpaired) electrons. The van der Waals surface area contributed by atoms with Crippen LogP contribution < -0.4 is 4.90 Å². The number of rotatable bonds is 4. The quantitative estimate of drug-likeness (QED) is 0.190. The van der Waals surface area contributed by atoms with Crippen LogP contribution in [0.15, 0.2) is 162 Å². The van der Waals surface area contributed by atoms with Crippen molar-refractivity contribution in [2.75, 3.05) is 4.90 Å². The van der Waals surface area contributed by atoms with Crippen LogP contribution in [0.2, 0.25) is 0 Å². The SMILES string of the molecule is c1ccc(-c2ccc(-c3nc(-c4ccccc4)cc(N4c5ccccc5C5(c6ccccc64)c4ccsc4-c4sccc45)n3)cc2)cc1. The number of para-hydroxylation sites is 2. The summed E-state index contributed by atoms with van der Waals surface area (Å²) in [6, 6.07) is 54.1. The largest absolute Gasteiger partial charge is 0.294 e. The first-order chi connectivity index (χ1) is 23.8. The average Bonchev–Trinajstić information content (AvgIpc) is 3.90. The highest BCUT2D eigenvalue weighted by atomic mass is 32.1. The first-order valence-electron chi connectivity index (χ1n) is 16.1. The van der Waals surface area contributed by atoms with Gasteiger partial charge in [-0.25, -0.2) is 9.97 Å². The summed E-state index contributed by atoms with van der Waals surface area (Å²) in [5, 5.41) is 4.50. The van der Waals surface area contributed by atoms with E-state index in [1.165, 1.54) is 43.1 Å². The fraction of sp³-hybridized carbons (Fsp3) is 0.0233. The molecule has 3 nitrogen and oxygen atoms in total. The summed E-state index contributed by atoms with van der Waals surface area (Å²) in [5.41, 5.74) is 12.5. The molecule has 3 aromatic heterocycles. The van der Waals surface area contributed by atoms with Crippen molar-refractivity contribution < 1.29 is 0 Å². The van der Waals surface area contributed by atoms with E-state index < -0.39 is 0 Å². The van der Waals surface area contributed by atoms with E-state index in [-0.39, 0.29) is 5.41 Å². The standard InChI is InChI=1S/C43H27N3S2/c1-3-11-28(12-4-1)29-19-21-31(22-20-29)42-44-36(30-13-5-2-6-14-30)27-39(45-42)46-37-17-9-7-15-32(37)43(33-16-8-10-18-38(33)46)34-23-25-47-40(34)41-35(43)24-26-48-41/h1-27H. The Bertz CT molecular complexity index is 2370. The van der Waals surface area contributed by atoms with Gasteiger partial charge in [0.15, 0.2) is 5.82 Å². The summed E-state index contributed by atoms with van der Waals surface area (Å²) in [5.74, 6) is 1.54. The van der Waals surface area contributed by atoms with Crippen LogP contribution in [0.4, 0.5) is 17.2 Å². The molecular formula is C43H27N3S2. The van der Waals surface area contributed by atoms with E-state index in [4.69, 9.17) is 9.97 Å². The monoisotopic (exact) mass is 649 g/mol. The zero-order valence-corrected chi connectivity index (χ0v) is 27.4. The van der Waals surface area contributed by atoms with Crippen molar-refractivity contribution >= 4 is 39.9 Å². The number of aromatic nitrogens is 2. The molecule has 5 heteroatoms. The van der Waals surface area contributed by atoms with Crippen LogP contribution in [-0.4, -0.2) is 9.97 Å². The second kappa shape index (κ2) is 10.7. The van der Waals surface area contributed by atoms with Crippen LogP contribution in [0.5, 0.6) is 0 Å². The minimum Gasteiger partial charge on any atom is -0.294 e. The van der Waals surface area contributed by atoms with Crippen LogP contribution >= 0.6 is 22.7 Å². The molecule has 0 saturated heterocycles. The Hall–Kier alpha value is -5.62. The first-order valence-corrected chi connectivity index (χ1v) is 17.8. The highest BCUT2D eigenvalue weighted by molar-refractivity contribution is 7.21. The molecular weight excluding hydrogens is 623 g/mol. The van der Waals surface area contributed by atoms with Gasteiger partial charge >= 0.3 is 0 Å². The molecule has 1 aliphatic carbocycles. The molecule has 0 saturated carbocycles. The summed E-state index contributed by atoms with van der Waals surface area (Å²) in [6.07, 6.45) is 0. The van der Waals surface area contributed by atoms with E-state index >= 15 is 0 Å². The molecule has 2 aliphatic rings. The predicted molar refractivity (Wildman–Crippen MR) is 200 cm³/mol. The summed E-state index contributed by atoms with van der Waals surface area (Å²) in [4.78, 5) is 15.6. The predicted octanol–water partition coefficient (Wildman–Crippen LogP) is 11.7. The van der Waals surface area contributed by atoms with Gasteiger partial charge < -0.3 is 0 Å². The second-order valence-electron chi connectivity index (χ2n) is 12.2. The fourth-order valence-electron chi connectivity index (χ4n) is 7.66. The van der Waals surface area contributed by atoms with E-state index in [0.29, 0.717) is 5.82 Å². The number of benzene rings is 5. The number of thiophene rings is 2. The van der Waals surface area contributed by atoms with Crippen molar-refractivity contribution in [1.82, 2.24) is 9.97 Å². The molecule has 1 aliphatic heterocycles. The molecule has 0 bridgehead atoms. The Morgan fingerprint density at radius 1 is 0.438 bits per heavy atom. The third-order valence-corrected chi connectivity index (χ3v) is 11.7. The number of nitrogens with zero attached hydrogens (tertiary/aromatic N) is 3. The van der Waals surface area contributed by atoms with Gasteiger partial charge in [-0.1, -0.05) is 121 Å². The Balaban J connectivity index is 1.21. The van der Waals surface area contributed by atoms with Crippen LogP contribution in [0.25, 0.3) is 43.5 Å². The van der Waals surface area contributed by atoms with E-state index in [1.807, 2.05) is 34.8 Å². The lowest BCUT2D eigenvalue weighted by atomic mass is 9.65. The van der Waals surface area contributed by atoms with E-state index in [0.717, 1.165) is 34.0 Å². The summed E-state index contributed by atoms with van der Waals surface area (Å²) >= 11 is 3.70. The van der Waals surface area contributed by atoms with Gasteiger partial charge in [-0.05, 0) is 68.4 Å². The van der Waals surface area contributed by atoms with Crippen LogP contribution in [0.3, 0.4) is 0 Å². The Kier molecular flexibility index (Phi) is 6.13. The topological polar surface area (TPSA) is 29.0 Å². The Labute approximate surface area is 287 Å². The normalized spacial score (nSPS) is 13.5. The molecule has 8 aromatic rings. The van der Waals surface area contributed by atoms with Gasteiger partial charge in [0, 0.05) is 26.9 Å². The lowest BCUT2D eigenvalue weighted by molar-refractivity contribution is 0.754. The second-order valence-corrected chi connectivity index (χ2v) is 14.0. The average molecular weight is 650 g/mol. The maximum Gasteiger partial charge on any atom is 0.162 e. The van der Waals surface area contributed by atoms with Crippen molar-refractivity contribution in [2.45, 2.75) is 5.41 Å². The molecule has 226 valence electrons. The van der Waals surface area contributed by atoms with Gasteiger partial charge in [0.1, 0.15) is 5.82 Å². The number of hydrogen-bond donors (Lipinski definition) is 0. The van der Waals surface area contributed by atoms with Crippen LogP contribution in [0.1, 0.15) is 22.3 Å². The number of anilines is 3. The molecule has 0 unspecified atom stereocenters. The highest BCUT2D eigenvalue weighted by Crippen LogP contribution is 2.65. The summed E-state index contributed by atoms with van der Waals surface area (Å²) < 4.78 is 0. The van der Waals surface area contributed by atoms with Gasteiger partial charge in [0.2, 0.25) is 0 Å². The zero-order chi connectivity index (χ0) is 31.7. The van der Waals surface area contributed by atoms with Crippen molar-refractivity contribution in [2.24, 2.45) is 0 Å². The zero-order valence-electron chi connectivity index (χ0n) is 25.7. The van der Waals surface area contributed by atoms with Gasteiger partial charge in [-0.2, -0.15) is 0 Å². The number of fused-ring (bicyclic) bond motifs is 9. The highest BCUT2D eigenvalue weighted by Gasteiger charge is 2.53. The third kappa shape index (κ3) is 3.92. The molecule has 48 heavy (non-hydrogen) atoms. The molecule has 0 fully saturated rings. The third-order valence-electron chi connectivity index (χ3n) is 9.70. The van der Waals surface area contributed by atoms with Crippen molar-refractivity contribution in [3.05, 3.63) is 185 Å². The molecule has 4 heterocycles. The molecule has 0 N–H and O–H groups in total. The van der Waals surface area contributed by atoms with Gasteiger partial charge in [0.25, 0.3) is 0 Å². The fourth-order valence-corrected chi connectivity index (χ4v) is 9.76. The van der Waals surface area contributed by atoms with Crippen molar-refractivity contribution in [1.29, 1.82) is 0 Å². The molecule has 10 rings (SSSR count). The smallest absolute Gasteiger partial charge is 0.162 e. The van der Waals surface area contributed by atoms with E-state index in [9.17, 15) is 0 Å². The van der Waals surface area contributed by atoms with Crippen LogP contribution in [0, 0.1) is 0 Å². The minimum absolute atomic E-state index is 0.389. The summed E-state index contributed by atoms with van der Waals surface area (Å²) in [7, 11) is 0. The maximum atomic E-state index is 5.36. The lowest BCUT2D eigenvalue weighted by Crippen LogP contribution is -2.36. The molecule has 5 aromatic carbocycles. The van der Waals surface area contributed by atoms with Crippen molar-refractivity contribution in [3.8, 4) is 43.5 Å². The lowest BCUT2D eigenvalue weighted by Gasteiger charge is -2.44. The van der Waals surface area contributed by atoms with Crippen LogP contribution in [-0.2, 0) is 5.41 Å². The molecule has 1 spiro atoms. The van der Waals surface area contributed by atoms with E-state index in [1.54, 1.807) is 0 Å². The van der Waals surface area contributed by atoms with Gasteiger partial charge in [-0.15, -0.1) is 22.7 Å². The first kappa shape index (κ1) is 27.5. The number of hydrogen-bond acceptors (Lipinski definition) is 5. The summed E-state index contributed by atoms with van der Waals surface area (Å²) in [6.45, 7) is 0. The van der Waals surface area contributed by atoms with Gasteiger partial charge in [-0.3, -0.25) is 4.90 Å². The van der Waals surface area contributed by atoms with Crippen molar-refractivity contribution in [3.63, 3.8) is 0 Å². The Morgan fingerprint density at radius 2 is 0.938 bits per heavy atom. The molecule has 0 amide bonds. The van der Waals surface area contributed by atoms with Gasteiger partial charge in [0.05, 0.1) is 22.5 Å². The molecule has 0 atom stereocenters. The maximum absolute atomic E-state index is 5.36.